The molecule has 0 amide bonds. The van der Waals surface area contributed by atoms with E-state index in [1.54, 1.807) is 13.0 Å². The zero-order valence-corrected chi connectivity index (χ0v) is 10.8. The zero-order valence-electron chi connectivity index (χ0n) is 9.21. The van der Waals surface area contributed by atoms with Gasteiger partial charge in [-0.1, -0.05) is 15.9 Å². The summed E-state index contributed by atoms with van der Waals surface area (Å²) in [6, 6.07) is 3.26. The Hall–Kier alpha value is -0.450. The topological polar surface area (TPSA) is 23.5 Å². The molecule has 1 heterocycles. The second kappa shape index (κ2) is 4.82. The molecule has 0 unspecified atom stereocenters. The Morgan fingerprint density at radius 1 is 1.50 bits per heavy atom. The molecule has 1 aromatic rings. The third-order valence-corrected chi connectivity index (χ3v) is 3.64. The van der Waals surface area contributed by atoms with E-state index in [2.05, 4.69) is 20.8 Å². The maximum absolute atomic E-state index is 13.6. The lowest BCUT2D eigenvalue weighted by molar-refractivity contribution is 0.118. The molecule has 0 aliphatic carbocycles. The molecular formula is C12H15BrFNO. The van der Waals surface area contributed by atoms with E-state index in [1.165, 1.54) is 6.07 Å². The van der Waals surface area contributed by atoms with Crippen LogP contribution in [0.15, 0.2) is 16.6 Å². The lowest BCUT2D eigenvalue weighted by atomic mass is 9.99. The number of hydrogen-bond acceptors (Lipinski definition) is 2. The summed E-state index contributed by atoms with van der Waals surface area (Å²) in [5, 5.41) is 9.35. The van der Waals surface area contributed by atoms with Crippen LogP contribution in [0.1, 0.15) is 18.1 Å². The van der Waals surface area contributed by atoms with E-state index >= 15 is 0 Å². The molecule has 1 N–H and O–H groups in total. The van der Waals surface area contributed by atoms with Crippen LogP contribution in [-0.2, 0) is 13.0 Å². The summed E-state index contributed by atoms with van der Waals surface area (Å²) in [4.78, 5) is 2.15. The molecule has 0 bridgehead atoms. The van der Waals surface area contributed by atoms with Crippen molar-refractivity contribution in [2.75, 3.05) is 13.1 Å². The molecule has 16 heavy (non-hydrogen) atoms. The van der Waals surface area contributed by atoms with Crippen LogP contribution in [0.3, 0.4) is 0 Å². The number of fused-ring (bicyclic) bond motifs is 1. The molecule has 0 radical (unpaired) electrons. The van der Waals surface area contributed by atoms with Gasteiger partial charge in [-0.05, 0) is 36.6 Å². The van der Waals surface area contributed by atoms with Gasteiger partial charge in [0.05, 0.1) is 6.10 Å². The maximum Gasteiger partial charge on any atom is 0.126 e. The fourth-order valence-electron chi connectivity index (χ4n) is 2.18. The third kappa shape index (κ3) is 2.44. The van der Waals surface area contributed by atoms with Gasteiger partial charge in [-0.25, -0.2) is 4.39 Å². The Kier molecular flexibility index (Phi) is 3.62. The predicted octanol–water partition coefficient (Wildman–Crippen LogP) is 2.33. The molecule has 4 heteroatoms. The van der Waals surface area contributed by atoms with Gasteiger partial charge in [0.15, 0.2) is 0 Å². The molecule has 2 nitrogen and oxygen atoms in total. The molecular weight excluding hydrogens is 273 g/mol. The number of hydrogen-bond donors (Lipinski definition) is 1. The second-order valence-corrected chi connectivity index (χ2v) is 5.17. The molecule has 0 saturated heterocycles. The number of aliphatic hydroxyl groups excluding tert-OH is 1. The quantitative estimate of drug-likeness (QED) is 0.903. The summed E-state index contributed by atoms with van der Waals surface area (Å²) in [6.45, 7) is 3.93. The molecule has 0 aromatic heterocycles. The fourth-order valence-corrected chi connectivity index (χ4v) is 2.68. The first-order chi connectivity index (χ1) is 7.58. The van der Waals surface area contributed by atoms with Crippen molar-refractivity contribution in [3.63, 3.8) is 0 Å². The number of rotatable bonds is 2. The van der Waals surface area contributed by atoms with Gasteiger partial charge in [0.25, 0.3) is 0 Å². The molecule has 0 fully saturated rings. The normalized spacial score (nSPS) is 18.2. The monoisotopic (exact) mass is 287 g/mol. The smallest absolute Gasteiger partial charge is 0.126 e. The second-order valence-electron chi connectivity index (χ2n) is 4.32. The minimum Gasteiger partial charge on any atom is -0.392 e. The van der Waals surface area contributed by atoms with Crippen molar-refractivity contribution in [1.82, 2.24) is 4.90 Å². The van der Waals surface area contributed by atoms with E-state index in [4.69, 9.17) is 0 Å². The van der Waals surface area contributed by atoms with Gasteiger partial charge in [-0.15, -0.1) is 0 Å². The van der Waals surface area contributed by atoms with Crippen LogP contribution in [-0.4, -0.2) is 29.2 Å². The molecule has 1 aromatic carbocycles. The van der Waals surface area contributed by atoms with Gasteiger partial charge < -0.3 is 5.11 Å². The Morgan fingerprint density at radius 2 is 2.25 bits per heavy atom. The van der Waals surface area contributed by atoms with Crippen molar-refractivity contribution < 1.29 is 9.50 Å². The first-order valence-electron chi connectivity index (χ1n) is 5.44. The highest BCUT2D eigenvalue weighted by Crippen LogP contribution is 2.28. The number of nitrogens with zero attached hydrogens (tertiary/aromatic N) is 1. The van der Waals surface area contributed by atoms with Crippen molar-refractivity contribution in [3.8, 4) is 0 Å². The summed E-state index contributed by atoms with van der Waals surface area (Å²) >= 11 is 3.45. The predicted molar refractivity (Wildman–Crippen MR) is 64.8 cm³/mol. The summed E-state index contributed by atoms with van der Waals surface area (Å²) in [5.41, 5.74) is 1.84. The van der Waals surface area contributed by atoms with Crippen LogP contribution in [0.25, 0.3) is 0 Å². The van der Waals surface area contributed by atoms with Crippen LogP contribution in [0.5, 0.6) is 0 Å². The van der Waals surface area contributed by atoms with Crippen molar-refractivity contribution in [1.29, 1.82) is 0 Å². The Morgan fingerprint density at radius 3 is 2.94 bits per heavy atom. The van der Waals surface area contributed by atoms with Gasteiger partial charge in [-0.2, -0.15) is 0 Å². The zero-order chi connectivity index (χ0) is 11.7. The first kappa shape index (κ1) is 12.0. The van der Waals surface area contributed by atoms with E-state index < -0.39 is 0 Å². The summed E-state index contributed by atoms with van der Waals surface area (Å²) in [6.07, 6.45) is 0.377. The molecule has 1 atom stereocenters. The highest BCUT2D eigenvalue weighted by Gasteiger charge is 2.21. The minimum atomic E-state index is -0.339. The number of aliphatic hydroxyl groups is 1. The van der Waals surface area contributed by atoms with Crippen LogP contribution in [0.2, 0.25) is 0 Å². The van der Waals surface area contributed by atoms with E-state index in [-0.39, 0.29) is 11.9 Å². The Labute approximate surface area is 103 Å². The Bertz CT molecular complexity index is 395. The van der Waals surface area contributed by atoms with Crippen LogP contribution in [0.4, 0.5) is 4.39 Å². The van der Waals surface area contributed by atoms with Crippen LogP contribution >= 0.6 is 15.9 Å². The van der Waals surface area contributed by atoms with Crippen molar-refractivity contribution in [2.24, 2.45) is 0 Å². The number of benzene rings is 1. The standard InChI is InChI=1S/C12H15BrFNO/c1-8(16)6-15-5-4-9-10(7-15)11(13)2-3-12(9)14/h2-3,8,16H,4-7H2,1H3/t8-/m0/s1. The maximum atomic E-state index is 13.6. The largest absolute Gasteiger partial charge is 0.392 e. The number of halogens is 2. The van der Waals surface area contributed by atoms with Gasteiger partial charge in [0.1, 0.15) is 5.82 Å². The van der Waals surface area contributed by atoms with Gasteiger partial charge in [0.2, 0.25) is 0 Å². The van der Waals surface area contributed by atoms with Crippen molar-refractivity contribution in [3.05, 3.63) is 33.5 Å². The van der Waals surface area contributed by atoms with E-state index in [1.807, 2.05) is 0 Å². The fraction of sp³-hybridized carbons (Fsp3) is 0.500. The third-order valence-electron chi connectivity index (χ3n) is 2.90. The number of β-amino-alcohol motifs (C(OH)–C–C–N with tert-alkyl or cyclic N) is 1. The first-order valence-corrected chi connectivity index (χ1v) is 6.23. The molecule has 88 valence electrons. The van der Waals surface area contributed by atoms with E-state index in [0.29, 0.717) is 19.5 Å². The lowest BCUT2D eigenvalue weighted by Gasteiger charge is -2.30. The molecule has 1 aliphatic heterocycles. The summed E-state index contributed by atoms with van der Waals surface area (Å²) in [5.74, 6) is -0.116. The average molecular weight is 288 g/mol. The molecule has 1 aliphatic rings. The van der Waals surface area contributed by atoms with E-state index in [0.717, 1.165) is 22.1 Å². The molecule has 2 rings (SSSR count). The molecule has 0 saturated carbocycles. The molecule has 0 spiro atoms. The van der Waals surface area contributed by atoms with Gasteiger partial charge >= 0.3 is 0 Å². The lowest BCUT2D eigenvalue weighted by Crippen LogP contribution is -2.36. The van der Waals surface area contributed by atoms with Crippen LogP contribution in [0, 0.1) is 5.82 Å². The van der Waals surface area contributed by atoms with Gasteiger partial charge in [0, 0.05) is 24.1 Å². The van der Waals surface area contributed by atoms with Gasteiger partial charge in [-0.3, -0.25) is 4.90 Å². The Balaban J connectivity index is 2.23. The summed E-state index contributed by atoms with van der Waals surface area (Å²) in [7, 11) is 0. The highest BCUT2D eigenvalue weighted by molar-refractivity contribution is 9.10. The van der Waals surface area contributed by atoms with Crippen molar-refractivity contribution in [2.45, 2.75) is 26.0 Å². The summed E-state index contributed by atoms with van der Waals surface area (Å²) < 4.78 is 14.5. The SMILES string of the molecule is C[C@H](O)CN1CCc2c(F)ccc(Br)c2C1. The average Bonchev–Trinajstić information content (AvgIpc) is 2.23. The van der Waals surface area contributed by atoms with Crippen LogP contribution < -0.4 is 0 Å². The minimum absolute atomic E-state index is 0.116. The highest BCUT2D eigenvalue weighted by atomic mass is 79.9. The van der Waals surface area contributed by atoms with E-state index in [9.17, 15) is 9.50 Å². The van der Waals surface area contributed by atoms with Crippen molar-refractivity contribution >= 4 is 15.9 Å².